The van der Waals surface area contributed by atoms with E-state index in [4.69, 9.17) is 33.2 Å². The van der Waals surface area contributed by atoms with E-state index in [-0.39, 0.29) is 24.0 Å². The van der Waals surface area contributed by atoms with Gasteiger partial charge in [-0.15, -0.1) is 0 Å². The molecule has 0 aromatic rings. The molecule has 2 saturated heterocycles. The minimum atomic E-state index is -2.21. The van der Waals surface area contributed by atoms with Gasteiger partial charge in [0.1, 0.15) is 30.0 Å². The van der Waals surface area contributed by atoms with Crippen molar-refractivity contribution >= 4 is 35.8 Å². The summed E-state index contributed by atoms with van der Waals surface area (Å²) in [5.74, 6) is -7.19. The van der Waals surface area contributed by atoms with Gasteiger partial charge < -0.3 is 43.4 Å². The fourth-order valence-electron chi connectivity index (χ4n) is 9.52. The summed E-state index contributed by atoms with van der Waals surface area (Å²) in [6.07, 6.45) is -9.79. The minimum absolute atomic E-state index is 0.0461. The molecule has 2 bridgehead atoms. The molecule has 2 saturated carbocycles. The van der Waals surface area contributed by atoms with Crippen LogP contribution in [0.25, 0.3) is 0 Å². The van der Waals surface area contributed by atoms with Gasteiger partial charge in [-0.05, 0) is 36.8 Å². The molecule has 3 heterocycles. The van der Waals surface area contributed by atoms with Crippen molar-refractivity contribution in [2.45, 2.75) is 117 Å². The summed E-state index contributed by atoms with van der Waals surface area (Å²) in [6, 6.07) is 0. The Bertz CT molecular complexity index is 1550. The van der Waals surface area contributed by atoms with Crippen molar-refractivity contribution in [1.82, 2.24) is 0 Å². The molecule has 0 aromatic carbocycles. The van der Waals surface area contributed by atoms with Crippen molar-refractivity contribution in [3.05, 3.63) is 23.8 Å². The lowest BCUT2D eigenvalue weighted by Gasteiger charge is -2.73. The normalized spacial score (nSPS) is 41.5. The molecule has 50 heavy (non-hydrogen) atoms. The van der Waals surface area contributed by atoms with E-state index in [0.29, 0.717) is 0 Å². The molecule has 276 valence electrons. The molecule has 2 aliphatic carbocycles. The third kappa shape index (κ3) is 5.17. The Labute approximate surface area is 289 Å². The highest BCUT2D eigenvalue weighted by atomic mass is 16.6. The van der Waals surface area contributed by atoms with Crippen LogP contribution in [0.4, 0.5) is 0 Å². The fourth-order valence-corrected chi connectivity index (χ4v) is 9.52. The van der Waals surface area contributed by atoms with E-state index in [1.807, 2.05) is 0 Å². The first-order chi connectivity index (χ1) is 23.1. The van der Waals surface area contributed by atoms with E-state index >= 15 is 0 Å². The van der Waals surface area contributed by atoms with Gasteiger partial charge in [0.05, 0.1) is 24.0 Å². The number of ether oxygens (including phenoxy) is 7. The van der Waals surface area contributed by atoms with Gasteiger partial charge in [-0.1, -0.05) is 41.2 Å². The number of esters is 6. The van der Waals surface area contributed by atoms with Gasteiger partial charge in [0.15, 0.2) is 12.2 Å². The maximum absolute atomic E-state index is 13.7. The van der Waals surface area contributed by atoms with Crippen molar-refractivity contribution in [3.8, 4) is 0 Å². The lowest BCUT2D eigenvalue weighted by Crippen LogP contribution is -2.83. The molecule has 12 atom stereocenters. The summed E-state index contributed by atoms with van der Waals surface area (Å²) in [6.45, 7) is 16.8. The van der Waals surface area contributed by atoms with Crippen LogP contribution in [0.2, 0.25) is 0 Å². The quantitative estimate of drug-likeness (QED) is 0.218. The largest absolute Gasteiger partial charge is 0.469 e. The molecule has 1 spiro atoms. The highest BCUT2D eigenvalue weighted by Gasteiger charge is 2.81. The van der Waals surface area contributed by atoms with Crippen LogP contribution in [0.1, 0.15) is 68.2 Å². The third-order valence-electron chi connectivity index (χ3n) is 11.9. The molecule has 5 rings (SSSR count). The maximum Gasteiger partial charge on any atom is 0.340 e. The number of carbonyl (C=O) groups excluding carboxylic acids is 6. The first-order valence-electron chi connectivity index (χ1n) is 16.6. The number of aliphatic hydroxyl groups is 2. The predicted octanol–water partition coefficient (Wildman–Crippen LogP) is 1.45. The van der Waals surface area contributed by atoms with Crippen LogP contribution >= 0.6 is 0 Å². The molecule has 15 heteroatoms. The topological polar surface area (TPSA) is 207 Å². The summed E-state index contributed by atoms with van der Waals surface area (Å²) in [4.78, 5) is 78.7. The standard InChI is InChI=1S/C35H46O15/c1-14(2)29(41)48-24-27(46-17(5)37)32(6,7)20(13-22(38)44-10)33(8)19-12-21(45-16(4)36)34(9)26(18-11-23(39)47-30(18)42)49-31(43)25(40)35(34,15(19)3)50-28(24)33/h11,14,19-21,23-28,39-40H,3,12-13H2,1-2,4-10H3/t19-,20-,21-,23?,24-,25+,26-,27-,28-,33+,34-,35+/m0/s1. The van der Waals surface area contributed by atoms with Gasteiger partial charge >= 0.3 is 35.8 Å². The van der Waals surface area contributed by atoms with Crippen molar-refractivity contribution < 1.29 is 72.1 Å². The van der Waals surface area contributed by atoms with Crippen LogP contribution < -0.4 is 0 Å². The molecule has 15 nitrogen and oxygen atoms in total. The molecule has 5 aliphatic rings. The van der Waals surface area contributed by atoms with Crippen molar-refractivity contribution in [2.75, 3.05) is 7.11 Å². The number of cyclic esters (lactones) is 2. The molecular formula is C35H46O15. The number of methoxy groups -OCH3 is 1. The number of carbonyl (C=O) groups is 6. The first kappa shape index (κ1) is 37.4. The van der Waals surface area contributed by atoms with Gasteiger partial charge in [-0.2, -0.15) is 0 Å². The Morgan fingerprint density at radius 3 is 2.14 bits per heavy atom. The second-order valence-corrected chi connectivity index (χ2v) is 15.2. The zero-order valence-electron chi connectivity index (χ0n) is 29.7. The van der Waals surface area contributed by atoms with Crippen LogP contribution in [0, 0.1) is 34.0 Å². The predicted molar refractivity (Wildman–Crippen MR) is 167 cm³/mol. The average Bonchev–Trinajstić information content (AvgIpc) is 3.35. The van der Waals surface area contributed by atoms with E-state index < -0.39 is 118 Å². The van der Waals surface area contributed by atoms with E-state index in [9.17, 15) is 39.0 Å². The summed E-state index contributed by atoms with van der Waals surface area (Å²) in [7, 11) is 1.23. The lowest BCUT2D eigenvalue weighted by molar-refractivity contribution is -0.365. The van der Waals surface area contributed by atoms with Crippen LogP contribution in [0.3, 0.4) is 0 Å². The van der Waals surface area contributed by atoms with E-state index in [1.165, 1.54) is 27.9 Å². The Morgan fingerprint density at radius 2 is 1.62 bits per heavy atom. The first-order valence-corrected chi connectivity index (χ1v) is 16.6. The van der Waals surface area contributed by atoms with Crippen molar-refractivity contribution in [3.63, 3.8) is 0 Å². The monoisotopic (exact) mass is 706 g/mol. The highest BCUT2D eigenvalue weighted by Crippen LogP contribution is 2.72. The zero-order valence-corrected chi connectivity index (χ0v) is 29.7. The molecular weight excluding hydrogens is 660 g/mol. The average molecular weight is 707 g/mol. The van der Waals surface area contributed by atoms with Gasteiger partial charge in [0.25, 0.3) is 0 Å². The lowest BCUT2D eigenvalue weighted by atomic mass is 9.40. The highest BCUT2D eigenvalue weighted by molar-refractivity contribution is 5.93. The number of rotatable bonds is 7. The molecule has 2 N–H and O–H groups in total. The van der Waals surface area contributed by atoms with E-state index in [0.717, 1.165) is 6.08 Å². The van der Waals surface area contributed by atoms with Gasteiger partial charge in [-0.25, -0.2) is 9.59 Å². The maximum atomic E-state index is 13.7. The molecule has 4 fully saturated rings. The zero-order chi connectivity index (χ0) is 37.5. The van der Waals surface area contributed by atoms with Gasteiger partial charge in [0, 0.05) is 31.1 Å². The second kappa shape index (κ2) is 12.4. The van der Waals surface area contributed by atoms with Crippen molar-refractivity contribution in [1.29, 1.82) is 0 Å². The van der Waals surface area contributed by atoms with Gasteiger partial charge in [0.2, 0.25) is 6.29 Å². The Hall–Kier alpha value is -3.82. The summed E-state index contributed by atoms with van der Waals surface area (Å²) in [5, 5.41) is 22.2. The molecule has 3 aliphatic heterocycles. The van der Waals surface area contributed by atoms with Gasteiger partial charge in [-0.3, -0.25) is 19.2 Å². The molecule has 0 aromatic heterocycles. The third-order valence-corrected chi connectivity index (χ3v) is 11.9. The van der Waals surface area contributed by atoms with Crippen LogP contribution in [0.15, 0.2) is 23.8 Å². The number of hydrogen-bond acceptors (Lipinski definition) is 15. The SMILES string of the molecule is C=C1[C@@H]2C[C@H](OC(C)=O)[C@@]3(C)[C@H](C4=CC(O)OC4=O)OC(=O)[C@@H](O)[C@]13O[C@H]1[C@@H](OC(=O)C(C)C)[C@H](OC(C)=O)C(C)(C)[C@H](CC(=O)OC)[C@@]21C. The summed E-state index contributed by atoms with van der Waals surface area (Å²) < 4.78 is 40.8. The Balaban J connectivity index is 1.84. The molecule has 1 unspecified atom stereocenters. The summed E-state index contributed by atoms with van der Waals surface area (Å²) in [5.41, 5.74) is -6.54. The smallest absolute Gasteiger partial charge is 0.340 e. The van der Waals surface area contributed by atoms with Crippen LogP contribution in [-0.4, -0.2) is 102 Å². The Kier molecular flexibility index (Phi) is 9.32. The minimum Gasteiger partial charge on any atom is -0.469 e. The number of aliphatic hydroxyl groups excluding tert-OH is 2. The number of fused-ring (bicyclic) bond motifs is 3. The molecule has 0 amide bonds. The Morgan fingerprint density at radius 1 is 1.00 bits per heavy atom. The van der Waals surface area contributed by atoms with Crippen LogP contribution in [0.5, 0.6) is 0 Å². The van der Waals surface area contributed by atoms with Crippen molar-refractivity contribution in [2.24, 2.45) is 34.0 Å². The van der Waals surface area contributed by atoms with E-state index in [1.54, 1.807) is 34.6 Å². The fraction of sp³-hybridized carbons (Fsp3) is 0.714. The molecule has 0 radical (unpaired) electrons. The van der Waals surface area contributed by atoms with E-state index in [2.05, 4.69) is 6.58 Å². The van der Waals surface area contributed by atoms with Crippen LogP contribution in [-0.2, 0) is 61.9 Å². The summed E-state index contributed by atoms with van der Waals surface area (Å²) >= 11 is 0. The second-order valence-electron chi connectivity index (χ2n) is 15.2. The number of hydrogen-bond donors (Lipinski definition) is 2.